The first-order valence-electron chi connectivity index (χ1n) is 6.52. The summed E-state index contributed by atoms with van der Waals surface area (Å²) in [6.45, 7) is 13.3. The van der Waals surface area contributed by atoms with Gasteiger partial charge >= 0.3 is 0 Å². The van der Waals surface area contributed by atoms with Crippen LogP contribution in [-0.2, 0) is 4.74 Å². The van der Waals surface area contributed by atoms with Crippen LogP contribution in [-0.4, -0.2) is 48.3 Å². The smallest absolute Gasteiger partial charge is 0.0760 e. The van der Waals surface area contributed by atoms with E-state index in [0.717, 1.165) is 13.1 Å². The molecular formula is C13H26N2O. The van der Waals surface area contributed by atoms with E-state index in [1.165, 1.54) is 25.9 Å². The Bertz CT molecular complexity index is 228. The Labute approximate surface area is 99.5 Å². The maximum absolute atomic E-state index is 6.09. The first-order valence-corrected chi connectivity index (χ1v) is 6.52. The summed E-state index contributed by atoms with van der Waals surface area (Å²) in [7, 11) is 0. The lowest BCUT2D eigenvalue weighted by Crippen LogP contribution is -2.58. The number of morpholine rings is 1. The molecule has 1 atom stereocenters. The van der Waals surface area contributed by atoms with Crippen LogP contribution in [0.3, 0.4) is 0 Å². The lowest BCUT2D eigenvalue weighted by Gasteiger charge is -2.47. The van der Waals surface area contributed by atoms with Gasteiger partial charge in [0.25, 0.3) is 0 Å². The van der Waals surface area contributed by atoms with Crippen LogP contribution in [0.1, 0.15) is 40.5 Å². The largest absolute Gasteiger partial charge is 0.367 e. The molecule has 0 amide bonds. The van der Waals surface area contributed by atoms with E-state index >= 15 is 0 Å². The van der Waals surface area contributed by atoms with Crippen LogP contribution in [0.4, 0.5) is 0 Å². The second kappa shape index (κ2) is 4.28. The lowest BCUT2D eigenvalue weighted by atomic mass is 9.98. The van der Waals surface area contributed by atoms with E-state index in [0.29, 0.717) is 6.04 Å². The van der Waals surface area contributed by atoms with Crippen molar-refractivity contribution < 1.29 is 4.74 Å². The van der Waals surface area contributed by atoms with Gasteiger partial charge in [0, 0.05) is 25.7 Å². The van der Waals surface area contributed by atoms with Gasteiger partial charge < -0.3 is 10.1 Å². The van der Waals surface area contributed by atoms with Crippen LogP contribution in [0.15, 0.2) is 0 Å². The molecule has 0 aromatic heterocycles. The number of hydrogen-bond acceptors (Lipinski definition) is 3. The first-order chi connectivity index (χ1) is 7.36. The third-order valence-corrected chi connectivity index (χ3v) is 3.40. The van der Waals surface area contributed by atoms with Crippen molar-refractivity contribution in [2.45, 2.75) is 57.8 Å². The molecule has 2 aliphatic heterocycles. The average Bonchev–Trinajstić information content (AvgIpc) is 2.49. The standard InChI is InChI=1S/C13H26N2O/c1-12(2)9-15(10-13(3,4)16-12)8-11-6-5-7-14-11/h11,14H,5-10H2,1-4H3/t11-/m1/s1. The first kappa shape index (κ1) is 12.3. The molecule has 2 saturated heterocycles. The predicted octanol–water partition coefficient (Wildman–Crippen LogP) is 1.63. The monoisotopic (exact) mass is 226 g/mol. The van der Waals surface area contributed by atoms with E-state index in [1.54, 1.807) is 0 Å². The molecular weight excluding hydrogens is 200 g/mol. The number of rotatable bonds is 2. The highest BCUT2D eigenvalue weighted by atomic mass is 16.5. The third-order valence-electron chi connectivity index (χ3n) is 3.40. The van der Waals surface area contributed by atoms with Gasteiger partial charge in [0.1, 0.15) is 0 Å². The summed E-state index contributed by atoms with van der Waals surface area (Å²) in [5.41, 5.74) is -0.0271. The molecule has 0 unspecified atom stereocenters. The minimum atomic E-state index is -0.0135. The van der Waals surface area contributed by atoms with E-state index in [9.17, 15) is 0 Å². The molecule has 0 aromatic rings. The van der Waals surface area contributed by atoms with Crippen molar-refractivity contribution in [1.82, 2.24) is 10.2 Å². The normalized spacial score (nSPS) is 34.1. The average molecular weight is 226 g/mol. The summed E-state index contributed by atoms with van der Waals surface area (Å²) in [5, 5.41) is 3.58. The maximum Gasteiger partial charge on any atom is 0.0760 e. The molecule has 0 aromatic carbocycles. The molecule has 0 radical (unpaired) electrons. The zero-order valence-corrected chi connectivity index (χ0v) is 11.2. The number of ether oxygens (including phenoxy) is 1. The summed E-state index contributed by atoms with van der Waals surface area (Å²) in [5.74, 6) is 0. The minimum Gasteiger partial charge on any atom is -0.367 e. The van der Waals surface area contributed by atoms with Gasteiger partial charge in [0.2, 0.25) is 0 Å². The molecule has 0 bridgehead atoms. The lowest BCUT2D eigenvalue weighted by molar-refractivity contribution is -0.181. The fourth-order valence-corrected chi connectivity index (χ4v) is 3.30. The number of hydrogen-bond donors (Lipinski definition) is 1. The van der Waals surface area contributed by atoms with E-state index < -0.39 is 0 Å². The summed E-state index contributed by atoms with van der Waals surface area (Å²) >= 11 is 0. The molecule has 0 aliphatic carbocycles. The van der Waals surface area contributed by atoms with Gasteiger partial charge in [-0.05, 0) is 47.1 Å². The van der Waals surface area contributed by atoms with Crippen molar-refractivity contribution in [3.63, 3.8) is 0 Å². The topological polar surface area (TPSA) is 24.5 Å². The molecule has 3 nitrogen and oxygen atoms in total. The van der Waals surface area contributed by atoms with Crippen LogP contribution >= 0.6 is 0 Å². The maximum atomic E-state index is 6.09. The molecule has 0 spiro atoms. The summed E-state index contributed by atoms with van der Waals surface area (Å²) in [6, 6.07) is 0.699. The Kier molecular flexibility index (Phi) is 3.30. The summed E-state index contributed by atoms with van der Waals surface area (Å²) in [6.07, 6.45) is 2.67. The van der Waals surface area contributed by atoms with Gasteiger partial charge in [0.15, 0.2) is 0 Å². The molecule has 94 valence electrons. The van der Waals surface area contributed by atoms with Gasteiger partial charge in [-0.2, -0.15) is 0 Å². The second-order valence-corrected chi connectivity index (χ2v) is 6.58. The van der Waals surface area contributed by atoms with Crippen LogP contribution in [0, 0.1) is 0 Å². The van der Waals surface area contributed by atoms with Crippen molar-refractivity contribution in [3.8, 4) is 0 Å². The summed E-state index contributed by atoms with van der Waals surface area (Å²) < 4.78 is 6.09. The van der Waals surface area contributed by atoms with Crippen LogP contribution < -0.4 is 5.32 Å². The quantitative estimate of drug-likeness (QED) is 0.774. The zero-order valence-electron chi connectivity index (χ0n) is 11.2. The minimum absolute atomic E-state index is 0.0135. The van der Waals surface area contributed by atoms with E-state index in [2.05, 4.69) is 37.9 Å². The fourth-order valence-electron chi connectivity index (χ4n) is 3.30. The van der Waals surface area contributed by atoms with Crippen molar-refractivity contribution >= 4 is 0 Å². The van der Waals surface area contributed by atoms with Crippen molar-refractivity contribution in [3.05, 3.63) is 0 Å². The predicted molar refractivity (Wildman–Crippen MR) is 66.7 cm³/mol. The van der Waals surface area contributed by atoms with Gasteiger partial charge in [-0.25, -0.2) is 0 Å². The molecule has 2 aliphatic rings. The van der Waals surface area contributed by atoms with Gasteiger partial charge in [-0.3, -0.25) is 4.90 Å². The number of nitrogens with zero attached hydrogens (tertiary/aromatic N) is 1. The van der Waals surface area contributed by atoms with Gasteiger partial charge in [0.05, 0.1) is 11.2 Å². The van der Waals surface area contributed by atoms with E-state index in [4.69, 9.17) is 4.74 Å². The van der Waals surface area contributed by atoms with Crippen LogP contribution in [0.2, 0.25) is 0 Å². The highest BCUT2D eigenvalue weighted by Gasteiger charge is 2.38. The van der Waals surface area contributed by atoms with Gasteiger partial charge in [-0.15, -0.1) is 0 Å². The van der Waals surface area contributed by atoms with Crippen molar-refractivity contribution in [1.29, 1.82) is 0 Å². The molecule has 1 N–H and O–H groups in total. The summed E-state index contributed by atoms with van der Waals surface area (Å²) in [4.78, 5) is 2.56. The van der Waals surface area contributed by atoms with Crippen LogP contribution in [0.5, 0.6) is 0 Å². The Morgan fingerprint density at radius 3 is 2.31 bits per heavy atom. The second-order valence-electron chi connectivity index (χ2n) is 6.58. The van der Waals surface area contributed by atoms with Crippen molar-refractivity contribution in [2.75, 3.05) is 26.2 Å². The Hall–Kier alpha value is -0.120. The third kappa shape index (κ3) is 3.19. The molecule has 0 saturated carbocycles. The molecule has 2 fully saturated rings. The molecule has 3 heteroatoms. The molecule has 2 heterocycles. The Balaban J connectivity index is 1.93. The highest BCUT2D eigenvalue weighted by molar-refractivity contribution is 4.91. The highest BCUT2D eigenvalue weighted by Crippen LogP contribution is 2.28. The zero-order chi connectivity index (χ0) is 11.8. The molecule has 16 heavy (non-hydrogen) atoms. The van der Waals surface area contributed by atoms with E-state index in [-0.39, 0.29) is 11.2 Å². The fraction of sp³-hybridized carbons (Fsp3) is 1.00. The Morgan fingerprint density at radius 1 is 1.19 bits per heavy atom. The van der Waals surface area contributed by atoms with Gasteiger partial charge in [-0.1, -0.05) is 0 Å². The van der Waals surface area contributed by atoms with E-state index in [1.807, 2.05) is 0 Å². The SMILES string of the molecule is CC1(C)CN(C[C@H]2CCCN2)CC(C)(C)O1. The Morgan fingerprint density at radius 2 is 1.81 bits per heavy atom. The number of nitrogens with one attached hydrogen (secondary N) is 1. The van der Waals surface area contributed by atoms with Crippen LogP contribution in [0.25, 0.3) is 0 Å². The van der Waals surface area contributed by atoms with Crippen molar-refractivity contribution in [2.24, 2.45) is 0 Å². The molecule has 2 rings (SSSR count).